The van der Waals surface area contributed by atoms with Crippen LogP contribution < -0.4 is 10.1 Å². The number of alkyl halides is 3. The Balaban J connectivity index is 1.39. The molecule has 2 heterocycles. The van der Waals surface area contributed by atoms with Crippen molar-refractivity contribution in [1.29, 1.82) is 0 Å². The van der Waals surface area contributed by atoms with Crippen LogP contribution in [0.1, 0.15) is 11.4 Å². The Morgan fingerprint density at radius 3 is 2.29 bits per heavy atom. The first-order valence-corrected chi connectivity index (χ1v) is 10.0. The molecule has 1 N–H and O–H groups in total. The maximum Gasteiger partial charge on any atom is 0.433 e. The zero-order valence-corrected chi connectivity index (χ0v) is 16.7. The summed E-state index contributed by atoms with van der Waals surface area (Å²) in [6.45, 7) is 0.281. The lowest BCUT2D eigenvalue weighted by Gasteiger charge is -2.08. The lowest BCUT2D eigenvalue weighted by atomic mass is 10.2. The van der Waals surface area contributed by atoms with Crippen LogP contribution >= 0.6 is 11.3 Å². The second-order valence-corrected chi connectivity index (χ2v) is 7.36. The van der Waals surface area contributed by atoms with E-state index in [4.69, 9.17) is 4.74 Å². The summed E-state index contributed by atoms with van der Waals surface area (Å²) < 4.78 is 56.9. The molecule has 0 radical (unpaired) electrons. The van der Waals surface area contributed by atoms with Crippen molar-refractivity contribution >= 4 is 17.0 Å². The minimum atomic E-state index is -4.49. The van der Waals surface area contributed by atoms with Gasteiger partial charge >= 0.3 is 6.18 Å². The molecule has 0 fully saturated rings. The number of nitrogens with one attached hydrogen (secondary N) is 1. The molecule has 0 unspecified atom stereocenters. The molecule has 0 aliphatic heterocycles. The van der Waals surface area contributed by atoms with Gasteiger partial charge in [-0.05, 0) is 60.7 Å². The van der Waals surface area contributed by atoms with Crippen molar-refractivity contribution in [3.63, 3.8) is 0 Å². The largest absolute Gasteiger partial charge is 0.457 e. The fraction of sp³-hybridized carbons (Fsp3) is 0.0909. The molecule has 0 saturated heterocycles. The number of ether oxygens (including phenoxy) is 1. The summed E-state index contributed by atoms with van der Waals surface area (Å²) in [5.41, 5.74) is 0.960. The highest BCUT2D eigenvalue weighted by molar-refractivity contribution is 7.13. The van der Waals surface area contributed by atoms with E-state index in [1.54, 1.807) is 24.3 Å². The summed E-state index contributed by atoms with van der Waals surface area (Å²) in [7, 11) is 0. The van der Waals surface area contributed by atoms with Gasteiger partial charge in [-0.3, -0.25) is 4.98 Å². The standard InChI is InChI=1S/C22H15F4N3OS/c23-15-3-7-19(8-4-15)30-18-5-1-14(2-6-18)21-29-17(13-31-21)12-28-16-9-10-27-20(11-16)22(24,25)26/h1-11,13H,12H2,(H,27,28). The van der Waals surface area contributed by atoms with E-state index in [0.717, 1.165) is 22.8 Å². The predicted molar refractivity (Wildman–Crippen MR) is 111 cm³/mol. The third-order valence-corrected chi connectivity index (χ3v) is 5.17. The van der Waals surface area contributed by atoms with Crippen molar-refractivity contribution in [1.82, 2.24) is 9.97 Å². The summed E-state index contributed by atoms with van der Waals surface area (Å²) in [5, 5.41) is 5.55. The SMILES string of the molecule is Fc1ccc(Oc2ccc(-c3nc(CNc4ccnc(C(F)(F)F)c4)cs3)cc2)cc1. The molecule has 2 aromatic heterocycles. The zero-order chi connectivity index (χ0) is 21.8. The average molecular weight is 445 g/mol. The Kier molecular flexibility index (Phi) is 5.85. The van der Waals surface area contributed by atoms with E-state index in [1.807, 2.05) is 17.5 Å². The highest BCUT2D eigenvalue weighted by atomic mass is 32.1. The minimum Gasteiger partial charge on any atom is -0.457 e. The van der Waals surface area contributed by atoms with Crippen LogP contribution in [0.3, 0.4) is 0 Å². The number of aromatic nitrogens is 2. The normalized spacial score (nSPS) is 11.4. The minimum absolute atomic E-state index is 0.281. The van der Waals surface area contributed by atoms with Crippen LogP contribution in [0.25, 0.3) is 10.6 Å². The molecule has 0 atom stereocenters. The van der Waals surface area contributed by atoms with E-state index < -0.39 is 11.9 Å². The van der Waals surface area contributed by atoms with Gasteiger partial charge in [0.15, 0.2) is 0 Å². The number of halogens is 4. The molecule has 0 amide bonds. The predicted octanol–water partition coefficient (Wildman–Crippen LogP) is 6.77. The molecule has 0 aliphatic carbocycles. The molecule has 2 aromatic carbocycles. The third-order valence-electron chi connectivity index (χ3n) is 4.23. The molecule has 0 spiro atoms. The number of rotatable bonds is 6. The molecule has 9 heteroatoms. The van der Waals surface area contributed by atoms with E-state index in [2.05, 4.69) is 15.3 Å². The van der Waals surface area contributed by atoms with Crippen LogP contribution in [0.15, 0.2) is 72.2 Å². The zero-order valence-electron chi connectivity index (χ0n) is 15.9. The lowest BCUT2D eigenvalue weighted by Crippen LogP contribution is -2.09. The summed E-state index contributed by atoms with van der Waals surface area (Å²) >= 11 is 1.43. The Hall–Kier alpha value is -3.46. The third kappa shape index (κ3) is 5.37. The summed E-state index contributed by atoms with van der Waals surface area (Å²) in [6, 6.07) is 15.5. The Labute approximate surface area is 179 Å². The van der Waals surface area contributed by atoms with Gasteiger partial charge in [0.05, 0.1) is 12.2 Å². The van der Waals surface area contributed by atoms with E-state index in [1.165, 1.54) is 29.5 Å². The Morgan fingerprint density at radius 2 is 1.61 bits per heavy atom. The molecular formula is C22H15F4N3OS. The van der Waals surface area contributed by atoms with Gasteiger partial charge in [-0.1, -0.05) is 0 Å². The first-order chi connectivity index (χ1) is 14.9. The van der Waals surface area contributed by atoms with E-state index in [9.17, 15) is 17.6 Å². The second kappa shape index (κ2) is 8.73. The quantitative estimate of drug-likeness (QED) is 0.333. The van der Waals surface area contributed by atoms with Crippen LogP contribution in [-0.2, 0) is 12.7 Å². The summed E-state index contributed by atoms with van der Waals surface area (Å²) in [5.74, 6) is 0.801. The van der Waals surface area contributed by atoms with Crippen LogP contribution in [-0.4, -0.2) is 9.97 Å². The summed E-state index contributed by atoms with van der Waals surface area (Å²) in [4.78, 5) is 7.87. The molecule has 31 heavy (non-hydrogen) atoms. The topological polar surface area (TPSA) is 47.0 Å². The van der Waals surface area contributed by atoms with E-state index in [0.29, 0.717) is 22.9 Å². The van der Waals surface area contributed by atoms with Crippen molar-refractivity contribution < 1.29 is 22.3 Å². The molecule has 158 valence electrons. The van der Waals surface area contributed by atoms with Gasteiger partial charge in [-0.15, -0.1) is 11.3 Å². The highest BCUT2D eigenvalue weighted by Crippen LogP contribution is 2.30. The Bertz CT molecular complexity index is 1160. The second-order valence-electron chi connectivity index (χ2n) is 6.51. The number of benzene rings is 2. The maximum atomic E-state index is 13.0. The van der Waals surface area contributed by atoms with Crippen molar-refractivity contribution in [2.24, 2.45) is 0 Å². The number of thiazole rings is 1. The van der Waals surface area contributed by atoms with Crippen LogP contribution in [0, 0.1) is 5.82 Å². The van der Waals surface area contributed by atoms with Gasteiger partial charge in [0.2, 0.25) is 0 Å². The van der Waals surface area contributed by atoms with Gasteiger partial charge in [0, 0.05) is 22.8 Å². The van der Waals surface area contributed by atoms with Crippen LogP contribution in [0.4, 0.5) is 23.2 Å². The molecule has 0 saturated carbocycles. The smallest absolute Gasteiger partial charge is 0.433 e. The van der Waals surface area contributed by atoms with Crippen LogP contribution in [0.2, 0.25) is 0 Å². The molecule has 4 aromatic rings. The average Bonchev–Trinajstić information content (AvgIpc) is 3.23. The fourth-order valence-electron chi connectivity index (χ4n) is 2.71. The number of hydrogen-bond donors (Lipinski definition) is 1. The first-order valence-electron chi connectivity index (χ1n) is 9.12. The molecule has 4 nitrogen and oxygen atoms in total. The summed E-state index contributed by atoms with van der Waals surface area (Å²) in [6.07, 6.45) is -3.37. The highest BCUT2D eigenvalue weighted by Gasteiger charge is 2.32. The van der Waals surface area contributed by atoms with Crippen molar-refractivity contribution in [2.75, 3.05) is 5.32 Å². The first kappa shape index (κ1) is 20.8. The molecule has 0 bridgehead atoms. The number of pyridine rings is 1. The van der Waals surface area contributed by atoms with E-state index in [-0.39, 0.29) is 12.4 Å². The van der Waals surface area contributed by atoms with Crippen molar-refractivity contribution in [3.8, 4) is 22.1 Å². The van der Waals surface area contributed by atoms with Gasteiger partial charge in [-0.2, -0.15) is 13.2 Å². The van der Waals surface area contributed by atoms with Crippen molar-refractivity contribution in [3.05, 3.63) is 89.4 Å². The monoisotopic (exact) mass is 445 g/mol. The van der Waals surface area contributed by atoms with Crippen LogP contribution in [0.5, 0.6) is 11.5 Å². The number of anilines is 1. The van der Waals surface area contributed by atoms with Gasteiger partial charge in [-0.25, -0.2) is 9.37 Å². The Morgan fingerprint density at radius 1 is 0.935 bits per heavy atom. The molecule has 4 rings (SSSR count). The van der Waals surface area contributed by atoms with Gasteiger partial charge in [0.25, 0.3) is 0 Å². The lowest BCUT2D eigenvalue weighted by molar-refractivity contribution is -0.141. The molecule has 0 aliphatic rings. The van der Waals surface area contributed by atoms with Gasteiger partial charge < -0.3 is 10.1 Å². The van der Waals surface area contributed by atoms with Crippen molar-refractivity contribution in [2.45, 2.75) is 12.7 Å². The molecular weight excluding hydrogens is 430 g/mol. The van der Waals surface area contributed by atoms with E-state index >= 15 is 0 Å². The van der Waals surface area contributed by atoms with Gasteiger partial charge in [0.1, 0.15) is 28.0 Å². The number of nitrogens with zero attached hydrogens (tertiary/aromatic N) is 2. The maximum absolute atomic E-state index is 13.0. The fourth-order valence-corrected chi connectivity index (χ4v) is 3.54. The number of hydrogen-bond acceptors (Lipinski definition) is 5.